The van der Waals surface area contributed by atoms with E-state index in [1.165, 1.54) is 31.2 Å². The van der Waals surface area contributed by atoms with Gasteiger partial charge in [-0.25, -0.2) is 0 Å². The third kappa shape index (κ3) is 5.26. The highest BCUT2D eigenvalue weighted by molar-refractivity contribution is 7.99. The van der Waals surface area contributed by atoms with E-state index in [2.05, 4.69) is 40.1 Å². The fourth-order valence-electron chi connectivity index (χ4n) is 2.76. The lowest BCUT2D eigenvalue weighted by Gasteiger charge is -2.29. The maximum Gasteiger partial charge on any atom is 0.191 e. The minimum absolute atomic E-state index is 0.550. The molecule has 1 fully saturated rings. The first-order valence-corrected chi connectivity index (χ1v) is 8.99. The second kappa shape index (κ2) is 8.32. The molecule has 2 rings (SSSR count). The average molecular weight is 309 g/mol. The number of thioether (sulfide) groups is 1. The summed E-state index contributed by atoms with van der Waals surface area (Å²) in [5, 5.41) is 12.0. The Balaban J connectivity index is 1.73. The number of aromatic nitrogens is 2. The number of nitrogens with one attached hydrogen (secondary N) is 2. The van der Waals surface area contributed by atoms with Crippen LogP contribution in [0.5, 0.6) is 0 Å². The van der Waals surface area contributed by atoms with E-state index in [1.54, 1.807) is 0 Å². The molecule has 5 nitrogen and oxygen atoms in total. The van der Waals surface area contributed by atoms with Crippen LogP contribution in [0.4, 0.5) is 0 Å². The van der Waals surface area contributed by atoms with Gasteiger partial charge in [0, 0.05) is 31.1 Å². The first-order chi connectivity index (χ1) is 10.2. The standard InChI is InChI=1S/C15H27N5S/c1-12-10-18-20(11-12)8-7-17-15(16-2)19-13-5-4-6-14(9-13)21-3/h10-11,13-14H,4-9H2,1-3H3,(H2,16,17,19). The van der Waals surface area contributed by atoms with Crippen molar-refractivity contribution in [3.8, 4) is 0 Å². The lowest BCUT2D eigenvalue weighted by molar-refractivity contribution is 0.418. The monoisotopic (exact) mass is 309 g/mol. The Morgan fingerprint density at radius 1 is 1.52 bits per heavy atom. The minimum atomic E-state index is 0.550. The predicted molar refractivity (Wildman–Crippen MR) is 91.0 cm³/mol. The van der Waals surface area contributed by atoms with Crippen molar-refractivity contribution < 1.29 is 0 Å². The smallest absolute Gasteiger partial charge is 0.191 e. The fraction of sp³-hybridized carbons (Fsp3) is 0.733. The number of aliphatic imine (C=N–C) groups is 1. The van der Waals surface area contributed by atoms with E-state index < -0.39 is 0 Å². The van der Waals surface area contributed by atoms with Crippen molar-refractivity contribution in [1.29, 1.82) is 0 Å². The first kappa shape index (κ1) is 16.2. The molecule has 118 valence electrons. The highest BCUT2D eigenvalue weighted by Gasteiger charge is 2.21. The zero-order valence-electron chi connectivity index (χ0n) is 13.3. The van der Waals surface area contributed by atoms with Gasteiger partial charge in [-0.05, 0) is 38.0 Å². The minimum Gasteiger partial charge on any atom is -0.355 e. The van der Waals surface area contributed by atoms with Crippen molar-refractivity contribution in [3.05, 3.63) is 18.0 Å². The molecular formula is C15H27N5S. The molecule has 1 aromatic rings. The molecule has 1 aliphatic rings. The normalized spacial score (nSPS) is 23.1. The van der Waals surface area contributed by atoms with Crippen LogP contribution in [0.2, 0.25) is 0 Å². The van der Waals surface area contributed by atoms with E-state index in [4.69, 9.17) is 0 Å². The van der Waals surface area contributed by atoms with Crippen LogP contribution in [0.3, 0.4) is 0 Å². The summed E-state index contributed by atoms with van der Waals surface area (Å²) in [6.45, 7) is 3.74. The van der Waals surface area contributed by atoms with E-state index in [9.17, 15) is 0 Å². The van der Waals surface area contributed by atoms with Gasteiger partial charge in [-0.2, -0.15) is 16.9 Å². The van der Waals surface area contributed by atoms with E-state index >= 15 is 0 Å². The van der Waals surface area contributed by atoms with Crippen molar-refractivity contribution >= 4 is 17.7 Å². The average Bonchev–Trinajstić information content (AvgIpc) is 2.92. The molecule has 0 aromatic carbocycles. The third-order valence-electron chi connectivity index (χ3n) is 3.92. The number of hydrogen-bond donors (Lipinski definition) is 2. The SMILES string of the molecule is CN=C(NCCn1cc(C)cn1)NC1CCCC(SC)C1. The summed E-state index contributed by atoms with van der Waals surface area (Å²) >= 11 is 1.99. The number of nitrogens with zero attached hydrogens (tertiary/aromatic N) is 3. The molecule has 0 bridgehead atoms. The van der Waals surface area contributed by atoms with Crippen LogP contribution in [-0.2, 0) is 6.54 Å². The van der Waals surface area contributed by atoms with Gasteiger partial charge >= 0.3 is 0 Å². The largest absolute Gasteiger partial charge is 0.355 e. The van der Waals surface area contributed by atoms with E-state index in [0.29, 0.717) is 6.04 Å². The summed E-state index contributed by atoms with van der Waals surface area (Å²) in [4.78, 5) is 4.33. The summed E-state index contributed by atoms with van der Waals surface area (Å²) in [5.74, 6) is 0.908. The number of rotatable bonds is 5. The molecule has 0 spiro atoms. The lowest BCUT2D eigenvalue weighted by Crippen LogP contribution is -2.46. The van der Waals surface area contributed by atoms with Crippen molar-refractivity contribution in [1.82, 2.24) is 20.4 Å². The summed E-state index contributed by atoms with van der Waals surface area (Å²) in [6, 6.07) is 0.550. The van der Waals surface area contributed by atoms with Crippen molar-refractivity contribution in [2.24, 2.45) is 4.99 Å². The number of guanidine groups is 1. The first-order valence-electron chi connectivity index (χ1n) is 7.70. The van der Waals surface area contributed by atoms with Crippen LogP contribution in [0.15, 0.2) is 17.4 Å². The molecule has 0 amide bonds. The van der Waals surface area contributed by atoms with Gasteiger partial charge in [0.15, 0.2) is 5.96 Å². The maximum atomic E-state index is 4.33. The van der Waals surface area contributed by atoms with Gasteiger partial charge in [-0.1, -0.05) is 6.42 Å². The topological polar surface area (TPSA) is 54.2 Å². The van der Waals surface area contributed by atoms with Crippen LogP contribution in [0, 0.1) is 6.92 Å². The van der Waals surface area contributed by atoms with Gasteiger partial charge in [0.25, 0.3) is 0 Å². The van der Waals surface area contributed by atoms with Gasteiger partial charge in [0.1, 0.15) is 0 Å². The predicted octanol–water partition coefficient (Wildman–Crippen LogP) is 2.03. The summed E-state index contributed by atoms with van der Waals surface area (Å²) < 4.78 is 1.96. The van der Waals surface area contributed by atoms with Crippen LogP contribution in [0.1, 0.15) is 31.2 Å². The van der Waals surface area contributed by atoms with Crippen molar-refractivity contribution in [3.63, 3.8) is 0 Å². The Bertz CT molecular complexity index is 457. The second-order valence-corrected chi connectivity index (χ2v) is 6.78. The highest BCUT2D eigenvalue weighted by Crippen LogP contribution is 2.26. The molecule has 1 heterocycles. The molecule has 0 aliphatic heterocycles. The molecular weight excluding hydrogens is 282 g/mol. The van der Waals surface area contributed by atoms with Gasteiger partial charge in [-0.15, -0.1) is 0 Å². The number of hydrogen-bond acceptors (Lipinski definition) is 3. The van der Waals surface area contributed by atoms with Gasteiger partial charge in [0.05, 0.1) is 12.7 Å². The molecule has 0 radical (unpaired) electrons. The zero-order valence-corrected chi connectivity index (χ0v) is 14.1. The van der Waals surface area contributed by atoms with E-state index in [0.717, 1.165) is 24.3 Å². The molecule has 0 saturated heterocycles. The molecule has 2 N–H and O–H groups in total. The quantitative estimate of drug-likeness (QED) is 0.645. The van der Waals surface area contributed by atoms with E-state index in [-0.39, 0.29) is 0 Å². The Labute approximate surface area is 132 Å². The molecule has 1 saturated carbocycles. The summed E-state index contributed by atoms with van der Waals surface area (Å²) in [6.07, 6.45) is 11.3. The van der Waals surface area contributed by atoms with Crippen molar-refractivity contribution in [2.75, 3.05) is 19.8 Å². The van der Waals surface area contributed by atoms with Crippen molar-refractivity contribution in [2.45, 2.75) is 50.4 Å². The Morgan fingerprint density at radius 3 is 3.05 bits per heavy atom. The summed E-state index contributed by atoms with van der Waals surface area (Å²) in [5.41, 5.74) is 1.20. The van der Waals surface area contributed by atoms with Gasteiger partial charge in [-0.3, -0.25) is 9.67 Å². The molecule has 1 aromatic heterocycles. The van der Waals surface area contributed by atoms with Crippen LogP contribution < -0.4 is 10.6 Å². The summed E-state index contributed by atoms with van der Waals surface area (Å²) in [7, 11) is 1.84. The van der Waals surface area contributed by atoms with Gasteiger partial charge in [0.2, 0.25) is 0 Å². The third-order valence-corrected chi connectivity index (χ3v) is 5.01. The Hall–Kier alpha value is -1.17. The fourth-order valence-corrected chi connectivity index (χ4v) is 3.58. The Kier molecular flexibility index (Phi) is 6.42. The Morgan fingerprint density at radius 2 is 2.38 bits per heavy atom. The van der Waals surface area contributed by atoms with Crippen LogP contribution >= 0.6 is 11.8 Å². The second-order valence-electron chi connectivity index (χ2n) is 5.65. The molecule has 21 heavy (non-hydrogen) atoms. The maximum absolute atomic E-state index is 4.33. The van der Waals surface area contributed by atoms with E-state index in [1.807, 2.05) is 29.7 Å². The zero-order chi connectivity index (χ0) is 15.1. The van der Waals surface area contributed by atoms with Crippen LogP contribution in [0.25, 0.3) is 0 Å². The van der Waals surface area contributed by atoms with Gasteiger partial charge < -0.3 is 10.6 Å². The van der Waals surface area contributed by atoms with Crippen LogP contribution in [-0.4, -0.2) is 46.9 Å². The molecule has 1 aliphatic carbocycles. The molecule has 2 unspecified atom stereocenters. The molecule has 2 atom stereocenters. The molecule has 6 heteroatoms. The number of aryl methyl sites for hydroxylation is 1. The highest BCUT2D eigenvalue weighted by atomic mass is 32.2. The lowest BCUT2D eigenvalue weighted by atomic mass is 9.95.